The third-order valence-corrected chi connectivity index (χ3v) is 7.64. The van der Waals surface area contributed by atoms with Crippen molar-refractivity contribution >= 4 is 16.8 Å². The minimum atomic E-state index is -0.192. The van der Waals surface area contributed by atoms with E-state index in [0.717, 1.165) is 63.1 Å². The Hall–Kier alpha value is -3.19. The van der Waals surface area contributed by atoms with E-state index in [1.807, 2.05) is 23.6 Å². The fraction of sp³-hybridized carbons (Fsp3) is 0.483. The number of ether oxygens (including phenoxy) is 2. The molecule has 1 fully saturated rings. The molecule has 190 valence electrons. The molecule has 2 aliphatic heterocycles. The van der Waals surface area contributed by atoms with Crippen LogP contribution in [0, 0.1) is 0 Å². The number of nitrogens with zero attached hydrogens (tertiary/aromatic N) is 2. The number of nitrogens with one attached hydrogen (secondary N) is 1. The first-order chi connectivity index (χ1) is 17.6. The molecule has 7 nitrogen and oxygen atoms in total. The highest BCUT2D eigenvalue weighted by molar-refractivity contribution is 5.97. The number of hydrogen-bond acceptors (Lipinski definition) is 5. The topological polar surface area (TPSA) is 82.5 Å². The average Bonchev–Trinajstić information content (AvgIpc) is 2.89. The van der Waals surface area contributed by atoms with Gasteiger partial charge in [-0.3, -0.25) is 14.2 Å². The summed E-state index contributed by atoms with van der Waals surface area (Å²) in [5.74, 6) is 1.53. The van der Waals surface area contributed by atoms with Gasteiger partial charge < -0.3 is 14.8 Å². The molecule has 7 heteroatoms. The highest BCUT2D eigenvalue weighted by Crippen LogP contribution is 2.35. The second-order valence-electron chi connectivity index (χ2n) is 9.91. The van der Waals surface area contributed by atoms with Crippen LogP contribution < -0.4 is 15.6 Å². The van der Waals surface area contributed by atoms with Gasteiger partial charge in [0.05, 0.1) is 17.5 Å². The highest BCUT2D eigenvalue weighted by atomic mass is 16.5. The molecule has 1 amide bonds. The summed E-state index contributed by atoms with van der Waals surface area (Å²) in [6, 6.07) is 13.5. The van der Waals surface area contributed by atoms with E-state index in [-0.39, 0.29) is 16.9 Å². The third-order valence-electron chi connectivity index (χ3n) is 7.64. The van der Waals surface area contributed by atoms with Crippen LogP contribution in [-0.2, 0) is 23.1 Å². The van der Waals surface area contributed by atoms with Gasteiger partial charge in [0.15, 0.2) is 0 Å². The van der Waals surface area contributed by atoms with Crippen LogP contribution in [0.2, 0.25) is 0 Å². The molecule has 0 bridgehead atoms. The van der Waals surface area contributed by atoms with Crippen molar-refractivity contribution in [2.24, 2.45) is 0 Å². The summed E-state index contributed by atoms with van der Waals surface area (Å²) < 4.78 is 13.1. The average molecular weight is 490 g/mol. The Bertz CT molecular complexity index is 1280. The molecular formula is C29H35N3O4. The molecule has 3 aromatic rings. The fourth-order valence-corrected chi connectivity index (χ4v) is 5.49. The lowest BCUT2D eigenvalue weighted by Gasteiger charge is -2.38. The number of aryl methyl sites for hydroxylation is 1. The van der Waals surface area contributed by atoms with Crippen molar-refractivity contribution in [3.8, 4) is 5.75 Å². The summed E-state index contributed by atoms with van der Waals surface area (Å²) in [4.78, 5) is 31.2. The number of benzene rings is 2. The van der Waals surface area contributed by atoms with Gasteiger partial charge in [0, 0.05) is 43.7 Å². The van der Waals surface area contributed by atoms with Gasteiger partial charge in [-0.25, -0.2) is 4.98 Å². The molecule has 1 aromatic heterocycles. The van der Waals surface area contributed by atoms with E-state index in [4.69, 9.17) is 14.5 Å². The minimum Gasteiger partial charge on any atom is -0.494 e. The van der Waals surface area contributed by atoms with Crippen molar-refractivity contribution in [3.05, 3.63) is 69.8 Å². The van der Waals surface area contributed by atoms with Gasteiger partial charge in [-0.15, -0.1) is 0 Å². The SMILES string of the molecule is CCOc1ccc(C2(CNC(=O)c3ccc4c(=O)n5c(nc4c3)CCCCCC5)CCOCC2)cc1. The summed E-state index contributed by atoms with van der Waals surface area (Å²) in [5, 5.41) is 3.75. The predicted octanol–water partition coefficient (Wildman–Crippen LogP) is 4.39. The molecule has 2 aromatic carbocycles. The zero-order chi connectivity index (χ0) is 25.0. The Kier molecular flexibility index (Phi) is 7.37. The highest BCUT2D eigenvalue weighted by Gasteiger charge is 2.35. The van der Waals surface area contributed by atoms with E-state index in [1.54, 1.807) is 18.2 Å². The monoisotopic (exact) mass is 489 g/mol. The van der Waals surface area contributed by atoms with Crippen LogP contribution in [0.5, 0.6) is 5.75 Å². The van der Waals surface area contributed by atoms with Gasteiger partial charge in [0.1, 0.15) is 11.6 Å². The molecule has 3 heterocycles. The number of hydrogen-bond donors (Lipinski definition) is 1. The largest absolute Gasteiger partial charge is 0.494 e. The van der Waals surface area contributed by atoms with Gasteiger partial charge >= 0.3 is 0 Å². The maximum absolute atomic E-state index is 13.2. The van der Waals surface area contributed by atoms with Crippen molar-refractivity contribution in [3.63, 3.8) is 0 Å². The number of carbonyl (C=O) groups is 1. The van der Waals surface area contributed by atoms with Gasteiger partial charge in [-0.2, -0.15) is 0 Å². The van der Waals surface area contributed by atoms with Crippen molar-refractivity contribution in [2.75, 3.05) is 26.4 Å². The summed E-state index contributed by atoms with van der Waals surface area (Å²) in [6.45, 7) is 5.17. The number of fused-ring (bicyclic) bond motifs is 2. The summed E-state index contributed by atoms with van der Waals surface area (Å²) >= 11 is 0. The van der Waals surface area contributed by atoms with E-state index < -0.39 is 0 Å². The van der Waals surface area contributed by atoms with Gasteiger partial charge in [0.25, 0.3) is 11.5 Å². The fourth-order valence-electron chi connectivity index (χ4n) is 5.49. The Morgan fingerprint density at radius 1 is 1.08 bits per heavy atom. The van der Waals surface area contributed by atoms with Gasteiger partial charge in [0.2, 0.25) is 0 Å². The summed E-state index contributed by atoms with van der Waals surface area (Å²) in [6.07, 6.45) is 6.82. The van der Waals surface area contributed by atoms with Crippen LogP contribution in [-0.4, -0.2) is 41.8 Å². The van der Waals surface area contributed by atoms with Gasteiger partial charge in [-0.1, -0.05) is 25.0 Å². The molecule has 0 atom stereocenters. The molecule has 0 spiro atoms. The minimum absolute atomic E-state index is 0.000478. The maximum atomic E-state index is 13.2. The number of carbonyl (C=O) groups excluding carboxylic acids is 1. The Morgan fingerprint density at radius 3 is 2.64 bits per heavy atom. The Labute approximate surface area is 211 Å². The lowest BCUT2D eigenvalue weighted by atomic mass is 9.74. The van der Waals surface area contributed by atoms with E-state index in [2.05, 4.69) is 17.4 Å². The number of rotatable bonds is 6. The van der Waals surface area contributed by atoms with E-state index >= 15 is 0 Å². The van der Waals surface area contributed by atoms with E-state index in [0.29, 0.717) is 42.8 Å². The molecule has 1 N–H and O–H groups in total. The smallest absolute Gasteiger partial charge is 0.261 e. The first kappa shape index (κ1) is 24.5. The Morgan fingerprint density at radius 2 is 1.86 bits per heavy atom. The van der Waals surface area contributed by atoms with Crippen LogP contribution in [0.4, 0.5) is 0 Å². The van der Waals surface area contributed by atoms with E-state index in [9.17, 15) is 9.59 Å². The molecule has 0 radical (unpaired) electrons. The maximum Gasteiger partial charge on any atom is 0.261 e. The van der Waals surface area contributed by atoms with Crippen molar-refractivity contribution < 1.29 is 14.3 Å². The molecule has 36 heavy (non-hydrogen) atoms. The zero-order valence-electron chi connectivity index (χ0n) is 21.1. The van der Waals surface area contributed by atoms with Crippen LogP contribution in [0.3, 0.4) is 0 Å². The summed E-state index contributed by atoms with van der Waals surface area (Å²) in [5.41, 5.74) is 2.12. The quantitative estimate of drug-likeness (QED) is 0.555. The van der Waals surface area contributed by atoms with Crippen molar-refractivity contribution in [1.82, 2.24) is 14.9 Å². The second kappa shape index (κ2) is 10.8. The molecule has 0 aliphatic carbocycles. The van der Waals surface area contributed by atoms with Crippen LogP contribution in [0.1, 0.15) is 67.2 Å². The van der Waals surface area contributed by atoms with E-state index in [1.165, 1.54) is 5.56 Å². The van der Waals surface area contributed by atoms with Crippen LogP contribution in [0.15, 0.2) is 47.3 Å². The second-order valence-corrected chi connectivity index (χ2v) is 9.91. The molecule has 2 aliphatic rings. The first-order valence-corrected chi connectivity index (χ1v) is 13.2. The molecular weight excluding hydrogens is 454 g/mol. The van der Waals surface area contributed by atoms with Gasteiger partial charge in [-0.05, 0) is 68.5 Å². The summed E-state index contributed by atoms with van der Waals surface area (Å²) in [7, 11) is 0. The first-order valence-electron chi connectivity index (χ1n) is 13.2. The Balaban J connectivity index is 1.37. The molecule has 5 rings (SSSR count). The number of amides is 1. The third kappa shape index (κ3) is 5.03. The lowest BCUT2D eigenvalue weighted by molar-refractivity contribution is 0.0487. The lowest BCUT2D eigenvalue weighted by Crippen LogP contribution is -2.44. The predicted molar refractivity (Wildman–Crippen MR) is 140 cm³/mol. The molecule has 0 saturated carbocycles. The normalized spacial score (nSPS) is 17.6. The van der Waals surface area contributed by atoms with Crippen molar-refractivity contribution in [2.45, 2.75) is 63.8 Å². The van der Waals surface area contributed by atoms with Crippen LogP contribution in [0.25, 0.3) is 10.9 Å². The van der Waals surface area contributed by atoms with Crippen molar-refractivity contribution in [1.29, 1.82) is 0 Å². The standard InChI is InChI=1S/C29H35N3O4/c1-2-36-23-11-9-22(10-12-23)29(14-17-35-18-15-29)20-30-27(33)21-8-13-24-25(19-21)31-26-7-5-3-4-6-16-32(26)28(24)34/h8-13,19H,2-7,14-18,20H2,1H3,(H,30,33). The molecule has 1 saturated heterocycles. The zero-order valence-corrected chi connectivity index (χ0v) is 21.1. The molecule has 0 unspecified atom stereocenters. The van der Waals surface area contributed by atoms with Crippen LogP contribution >= 0.6 is 0 Å². The number of aromatic nitrogens is 2.